The zero-order valence-electron chi connectivity index (χ0n) is 6.81. The number of carbonyl (C=O) groups excluding carboxylic acids is 1. The summed E-state index contributed by atoms with van der Waals surface area (Å²) in [6, 6.07) is 0. The van der Waals surface area contributed by atoms with Gasteiger partial charge in [0.15, 0.2) is 0 Å². The normalized spacial score (nSPS) is 38.4. The fourth-order valence-corrected chi connectivity index (χ4v) is 2.36. The Morgan fingerprint density at radius 2 is 2.27 bits per heavy atom. The average molecular weight is 153 g/mol. The Kier molecular flexibility index (Phi) is 1.95. The molecule has 1 saturated carbocycles. The van der Waals surface area contributed by atoms with Crippen molar-refractivity contribution in [2.45, 2.75) is 25.7 Å². The van der Waals surface area contributed by atoms with Gasteiger partial charge in [0, 0.05) is 12.3 Å². The molecule has 0 radical (unpaired) electrons. The summed E-state index contributed by atoms with van der Waals surface area (Å²) >= 11 is 0. The van der Waals surface area contributed by atoms with Crippen LogP contribution in [0.5, 0.6) is 0 Å². The molecule has 0 aromatic heterocycles. The molecule has 0 amide bonds. The van der Waals surface area contributed by atoms with Gasteiger partial charge in [0.1, 0.15) is 5.78 Å². The molecule has 1 heterocycles. The van der Waals surface area contributed by atoms with Gasteiger partial charge in [0.2, 0.25) is 0 Å². The highest BCUT2D eigenvalue weighted by Gasteiger charge is 2.33. The minimum absolute atomic E-state index is 0.421. The van der Waals surface area contributed by atoms with Crippen LogP contribution >= 0.6 is 0 Å². The molecule has 0 spiro atoms. The number of hydrogen-bond donors (Lipinski definition) is 1. The van der Waals surface area contributed by atoms with Crippen LogP contribution in [0.1, 0.15) is 25.7 Å². The lowest BCUT2D eigenvalue weighted by Gasteiger charge is -2.14. The Bertz CT molecular complexity index is 161. The Morgan fingerprint density at radius 3 is 2.82 bits per heavy atom. The molecule has 2 rings (SSSR count). The van der Waals surface area contributed by atoms with Crippen molar-refractivity contribution in [3.63, 3.8) is 0 Å². The number of ketones is 1. The summed E-state index contributed by atoms with van der Waals surface area (Å²) in [5, 5.41) is 3.32. The van der Waals surface area contributed by atoms with Gasteiger partial charge in [-0.1, -0.05) is 0 Å². The van der Waals surface area contributed by atoms with Gasteiger partial charge in [-0.05, 0) is 38.3 Å². The minimum atomic E-state index is 0.421. The lowest BCUT2D eigenvalue weighted by molar-refractivity contribution is -0.121. The Hall–Kier alpha value is -0.370. The zero-order valence-corrected chi connectivity index (χ0v) is 6.81. The molecule has 1 N–H and O–H groups in total. The van der Waals surface area contributed by atoms with E-state index in [2.05, 4.69) is 5.32 Å². The van der Waals surface area contributed by atoms with Crippen molar-refractivity contribution in [3.05, 3.63) is 0 Å². The predicted molar refractivity (Wildman–Crippen MR) is 43.3 cm³/mol. The maximum absolute atomic E-state index is 11.3. The molecule has 62 valence electrons. The van der Waals surface area contributed by atoms with Crippen LogP contribution in [0.2, 0.25) is 0 Å². The molecule has 2 unspecified atom stereocenters. The van der Waals surface area contributed by atoms with E-state index in [-0.39, 0.29) is 0 Å². The summed E-state index contributed by atoms with van der Waals surface area (Å²) in [4.78, 5) is 11.3. The lowest BCUT2D eigenvalue weighted by Crippen LogP contribution is -2.20. The molecule has 1 aliphatic carbocycles. The molecule has 2 atom stereocenters. The number of Topliss-reactive ketones (excluding diaryl/α,β-unsaturated/α-hetero) is 1. The maximum Gasteiger partial charge on any atom is 0.136 e. The highest BCUT2D eigenvalue weighted by molar-refractivity contribution is 5.83. The maximum atomic E-state index is 11.3. The summed E-state index contributed by atoms with van der Waals surface area (Å²) < 4.78 is 0. The Balaban J connectivity index is 1.97. The van der Waals surface area contributed by atoms with Gasteiger partial charge in [-0.15, -0.1) is 0 Å². The Morgan fingerprint density at radius 1 is 1.36 bits per heavy atom. The molecule has 1 saturated heterocycles. The molecular weight excluding hydrogens is 138 g/mol. The summed E-state index contributed by atoms with van der Waals surface area (Å²) in [5.74, 6) is 1.62. The van der Waals surface area contributed by atoms with E-state index in [9.17, 15) is 4.79 Å². The van der Waals surface area contributed by atoms with Gasteiger partial charge >= 0.3 is 0 Å². The summed E-state index contributed by atoms with van der Waals surface area (Å²) in [7, 11) is 0. The van der Waals surface area contributed by atoms with E-state index in [1.165, 1.54) is 6.42 Å². The minimum Gasteiger partial charge on any atom is -0.316 e. The third-order valence-corrected chi connectivity index (χ3v) is 3.02. The van der Waals surface area contributed by atoms with Gasteiger partial charge in [-0.25, -0.2) is 0 Å². The van der Waals surface area contributed by atoms with Crippen LogP contribution < -0.4 is 5.32 Å². The topological polar surface area (TPSA) is 29.1 Å². The summed E-state index contributed by atoms with van der Waals surface area (Å²) in [6.45, 7) is 2.20. The van der Waals surface area contributed by atoms with Crippen LogP contribution in [0.15, 0.2) is 0 Å². The van der Waals surface area contributed by atoms with Crippen LogP contribution in [-0.2, 0) is 4.79 Å². The van der Waals surface area contributed by atoms with Gasteiger partial charge < -0.3 is 5.32 Å². The highest BCUT2D eigenvalue weighted by atomic mass is 16.1. The van der Waals surface area contributed by atoms with Gasteiger partial charge in [-0.3, -0.25) is 4.79 Å². The first-order valence-corrected chi connectivity index (χ1v) is 4.61. The third kappa shape index (κ3) is 1.32. The fraction of sp³-hybridized carbons (Fsp3) is 0.889. The van der Waals surface area contributed by atoms with Crippen molar-refractivity contribution < 1.29 is 4.79 Å². The van der Waals surface area contributed by atoms with Crippen molar-refractivity contribution >= 4 is 5.78 Å². The number of nitrogens with one attached hydrogen (secondary N) is 1. The molecule has 0 aromatic rings. The van der Waals surface area contributed by atoms with Gasteiger partial charge in [0.05, 0.1) is 0 Å². The van der Waals surface area contributed by atoms with E-state index in [4.69, 9.17) is 0 Å². The molecule has 2 heteroatoms. The molecule has 2 fully saturated rings. The standard InChI is InChI=1S/C9H15NO/c11-9-3-1-2-8(9)7-4-5-10-6-7/h7-8,10H,1-6H2. The number of rotatable bonds is 1. The van der Waals surface area contributed by atoms with Crippen LogP contribution in [0.3, 0.4) is 0 Å². The van der Waals surface area contributed by atoms with Crippen molar-refractivity contribution in [1.29, 1.82) is 0 Å². The zero-order chi connectivity index (χ0) is 7.68. The SMILES string of the molecule is O=C1CCCC1C1CCNC1. The average Bonchev–Trinajstić information content (AvgIpc) is 2.55. The number of hydrogen-bond acceptors (Lipinski definition) is 2. The highest BCUT2D eigenvalue weighted by Crippen LogP contribution is 2.31. The van der Waals surface area contributed by atoms with E-state index in [0.29, 0.717) is 17.6 Å². The van der Waals surface area contributed by atoms with Crippen LogP contribution in [0, 0.1) is 11.8 Å². The predicted octanol–water partition coefficient (Wildman–Crippen LogP) is 0.965. The molecule has 2 aliphatic rings. The second-order valence-electron chi connectivity index (χ2n) is 3.72. The summed E-state index contributed by atoms with van der Waals surface area (Å²) in [6.07, 6.45) is 4.36. The van der Waals surface area contributed by atoms with Gasteiger partial charge in [-0.2, -0.15) is 0 Å². The lowest BCUT2D eigenvalue weighted by atomic mass is 9.90. The van der Waals surface area contributed by atoms with Crippen molar-refractivity contribution in [1.82, 2.24) is 5.32 Å². The summed E-state index contributed by atoms with van der Waals surface area (Å²) in [5.41, 5.74) is 0. The third-order valence-electron chi connectivity index (χ3n) is 3.02. The van der Waals surface area contributed by atoms with Crippen molar-refractivity contribution in [3.8, 4) is 0 Å². The first-order valence-electron chi connectivity index (χ1n) is 4.61. The van der Waals surface area contributed by atoms with Crippen molar-refractivity contribution in [2.75, 3.05) is 13.1 Å². The fourth-order valence-electron chi connectivity index (χ4n) is 2.36. The molecule has 1 aliphatic heterocycles. The second-order valence-corrected chi connectivity index (χ2v) is 3.72. The number of carbonyl (C=O) groups is 1. The first kappa shape index (κ1) is 7.29. The second kappa shape index (κ2) is 2.94. The molecule has 11 heavy (non-hydrogen) atoms. The van der Waals surface area contributed by atoms with E-state index in [1.807, 2.05) is 0 Å². The van der Waals surface area contributed by atoms with Crippen molar-refractivity contribution in [2.24, 2.45) is 11.8 Å². The first-order chi connectivity index (χ1) is 5.38. The molecule has 0 aromatic carbocycles. The van der Waals surface area contributed by atoms with E-state index < -0.39 is 0 Å². The van der Waals surface area contributed by atoms with E-state index >= 15 is 0 Å². The monoisotopic (exact) mass is 153 g/mol. The molecular formula is C9H15NO. The Labute approximate surface area is 67.4 Å². The molecule has 2 nitrogen and oxygen atoms in total. The smallest absolute Gasteiger partial charge is 0.136 e. The van der Waals surface area contributed by atoms with E-state index in [0.717, 1.165) is 32.4 Å². The molecule has 0 bridgehead atoms. The van der Waals surface area contributed by atoms with E-state index in [1.54, 1.807) is 0 Å². The van der Waals surface area contributed by atoms with Crippen LogP contribution in [-0.4, -0.2) is 18.9 Å². The largest absolute Gasteiger partial charge is 0.316 e. The van der Waals surface area contributed by atoms with Crippen LogP contribution in [0.4, 0.5) is 0 Å². The van der Waals surface area contributed by atoms with Gasteiger partial charge in [0.25, 0.3) is 0 Å². The van der Waals surface area contributed by atoms with Crippen LogP contribution in [0.25, 0.3) is 0 Å². The quantitative estimate of drug-likeness (QED) is 0.608.